The number of Topliss-reactive ketones (excluding diaryl/α,β-unsaturated/α-hetero) is 2. The minimum Gasteiger partial charge on any atom is -0.346 e. The Morgan fingerprint density at radius 1 is 1.40 bits per heavy atom. The highest BCUT2D eigenvalue weighted by Gasteiger charge is 2.23. The minimum absolute atomic E-state index is 0.0873. The second kappa shape index (κ2) is 5.63. The summed E-state index contributed by atoms with van der Waals surface area (Å²) in [4.78, 5) is 33.7. The van der Waals surface area contributed by atoms with Crippen LogP contribution in [0.3, 0.4) is 0 Å². The average molecular weight is 211 g/mol. The van der Waals surface area contributed by atoms with Gasteiger partial charge in [-0.05, 0) is 12.8 Å². The van der Waals surface area contributed by atoms with Gasteiger partial charge in [-0.15, -0.1) is 0 Å². The summed E-state index contributed by atoms with van der Waals surface area (Å²) in [7, 11) is 0. The van der Waals surface area contributed by atoms with Gasteiger partial charge in [0.15, 0.2) is 5.78 Å². The normalized spacial score (nSPS) is 21.1. The van der Waals surface area contributed by atoms with E-state index in [0.717, 1.165) is 12.8 Å². The van der Waals surface area contributed by atoms with Gasteiger partial charge in [0.25, 0.3) is 0 Å². The zero-order chi connectivity index (χ0) is 11.3. The van der Waals surface area contributed by atoms with Crippen molar-refractivity contribution in [1.29, 1.82) is 0 Å². The molecule has 1 fully saturated rings. The Morgan fingerprint density at radius 2 is 2.13 bits per heavy atom. The fraction of sp³-hybridized carbons (Fsp3) is 0.727. The maximum Gasteiger partial charge on any atom is 0.228 e. The topological polar surface area (TPSA) is 63.2 Å². The van der Waals surface area contributed by atoms with Crippen LogP contribution in [0, 0.1) is 0 Å². The van der Waals surface area contributed by atoms with E-state index in [4.69, 9.17) is 0 Å². The van der Waals surface area contributed by atoms with E-state index in [1.807, 2.05) is 0 Å². The molecule has 1 N–H and O–H groups in total. The molecule has 0 heterocycles. The van der Waals surface area contributed by atoms with Crippen molar-refractivity contribution in [3.63, 3.8) is 0 Å². The molecule has 15 heavy (non-hydrogen) atoms. The number of rotatable bonds is 4. The number of hydrogen-bond donors (Lipinski definition) is 1. The van der Waals surface area contributed by atoms with Gasteiger partial charge < -0.3 is 5.32 Å². The third kappa shape index (κ3) is 3.81. The molecule has 4 heteroatoms. The van der Waals surface area contributed by atoms with E-state index < -0.39 is 0 Å². The monoisotopic (exact) mass is 211 g/mol. The standard InChI is InChI=1S/C11H17NO3/c1-2-8(13)7-11(15)12-9-5-3-4-6-10(9)14/h9H,2-7H2,1H3,(H,12,15). The molecule has 1 atom stereocenters. The molecule has 0 aromatic heterocycles. The van der Waals surface area contributed by atoms with Crippen LogP contribution in [0.25, 0.3) is 0 Å². The number of hydrogen-bond acceptors (Lipinski definition) is 3. The Bertz CT molecular complexity index is 273. The molecule has 1 aliphatic rings. The molecule has 1 rings (SSSR count). The van der Waals surface area contributed by atoms with Crippen molar-refractivity contribution in [3.05, 3.63) is 0 Å². The Balaban J connectivity index is 2.36. The smallest absolute Gasteiger partial charge is 0.228 e. The molecule has 0 aromatic carbocycles. The van der Waals surface area contributed by atoms with Gasteiger partial charge in [0.05, 0.1) is 12.5 Å². The van der Waals surface area contributed by atoms with Gasteiger partial charge in [-0.3, -0.25) is 14.4 Å². The van der Waals surface area contributed by atoms with Crippen LogP contribution in [-0.4, -0.2) is 23.5 Å². The maximum absolute atomic E-state index is 11.4. The second-order valence-electron chi connectivity index (χ2n) is 3.90. The van der Waals surface area contributed by atoms with E-state index in [0.29, 0.717) is 19.3 Å². The summed E-state index contributed by atoms with van der Waals surface area (Å²) >= 11 is 0. The van der Waals surface area contributed by atoms with Crippen molar-refractivity contribution in [1.82, 2.24) is 5.32 Å². The molecule has 0 spiro atoms. The van der Waals surface area contributed by atoms with Crippen LogP contribution in [-0.2, 0) is 14.4 Å². The lowest BCUT2D eigenvalue weighted by molar-refractivity contribution is -0.132. The molecule has 1 aliphatic carbocycles. The number of nitrogens with one attached hydrogen (secondary N) is 1. The van der Waals surface area contributed by atoms with E-state index in [1.165, 1.54) is 0 Å². The molecule has 4 nitrogen and oxygen atoms in total. The molecule has 0 saturated heterocycles. The zero-order valence-corrected chi connectivity index (χ0v) is 9.04. The average Bonchev–Trinajstić information content (AvgIpc) is 2.21. The fourth-order valence-corrected chi connectivity index (χ4v) is 1.69. The summed E-state index contributed by atoms with van der Waals surface area (Å²) in [6, 6.07) is -0.351. The molecule has 1 saturated carbocycles. The van der Waals surface area contributed by atoms with Gasteiger partial charge in [0.1, 0.15) is 5.78 Å². The molecule has 1 unspecified atom stereocenters. The highest BCUT2D eigenvalue weighted by atomic mass is 16.2. The predicted molar refractivity (Wildman–Crippen MR) is 55.3 cm³/mol. The van der Waals surface area contributed by atoms with Crippen LogP contribution in [0.4, 0.5) is 0 Å². The van der Waals surface area contributed by atoms with E-state index in [9.17, 15) is 14.4 Å². The molecular weight excluding hydrogens is 194 g/mol. The molecule has 0 aliphatic heterocycles. The molecular formula is C11H17NO3. The van der Waals surface area contributed by atoms with Crippen molar-refractivity contribution >= 4 is 17.5 Å². The molecule has 0 aromatic rings. The molecule has 84 valence electrons. The number of ketones is 2. The zero-order valence-electron chi connectivity index (χ0n) is 9.04. The summed E-state index contributed by atoms with van der Waals surface area (Å²) in [5.41, 5.74) is 0. The van der Waals surface area contributed by atoms with E-state index in [2.05, 4.69) is 5.32 Å². The number of amides is 1. The van der Waals surface area contributed by atoms with Crippen molar-refractivity contribution in [2.24, 2.45) is 0 Å². The van der Waals surface area contributed by atoms with Crippen molar-refractivity contribution in [2.45, 2.75) is 51.5 Å². The maximum atomic E-state index is 11.4. The first-order valence-corrected chi connectivity index (χ1v) is 5.47. The van der Waals surface area contributed by atoms with Gasteiger partial charge >= 0.3 is 0 Å². The fourth-order valence-electron chi connectivity index (χ4n) is 1.69. The van der Waals surface area contributed by atoms with Crippen molar-refractivity contribution in [2.75, 3.05) is 0 Å². The van der Waals surface area contributed by atoms with Gasteiger partial charge in [-0.25, -0.2) is 0 Å². The quantitative estimate of drug-likeness (QED) is 0.705. The highest BCUT2D eigenvalue weighted by molar-refractivity contribution is 5.99. The van der Waals surface area contributed by atoms with Gasteiger partial charge in [-0.2, -0.15) is 0 Å². The van der Waals surface area contributed by atoms with Crippen LogP contribution in [0.1, 0.15) is 45.4 Å². The highest BCUT2D eigenvalue weighted by Crippen LogP contribution is 2.14. The van der Waals surface area contributed by atoms with Crippen molar-refractivity contribution in [3.8, 4) is 0 Å². The SMILES string of the molecule is CCC(=O)CC(=O)NC1CCCCC1=O. The van der Waals surface area contributed by atoms with Gasteiger partial charge in [0, 0.05) is 12.8 Å². The Morgan fingerprint density at radius 3 is 2.73 bits per heavy atom. The Hall–Kier alpha value is -1.19. The summed E-state index contributed by atoms with van der Waals surface area (Å²) < 4.78 is 0. The number of carbonyl (C=O) groups excluding carboxylic acids is 3. The first kappa shape index (κ1) is 11.9. The van der Waals surface area contributed by atoms with Crippen LogP contribution < -0.4 is 5.32 Å². The minimum atomic E-state index is -0.351. The second-order valence-corrected chi connectivity index (χ2v) is 3.90. The summed E-state index contributed by atoms with van der Waals surface area (Å²) in [5.74, 6) is -0.309. The first-order chi connectivity index (χ1) is 7.13. The van der Waals surface area contributed by atoms with E-state index in [1.54, 1.807) is 6.92 Å². The van der Waals surface area contributed by atoms with Crippen LogP contribution >= 0.6 is 0 Å². The van der Waals surface area contributed by atoms with Crippen LogP contribution in [0.2, 0.25) is 0 Å². The largest absolute Gasteiger partial charge is 0.346 e. The van der Waals surface area contributed by atoms with Gasteiger partial charge in [-0.1, -0.05) is 13.3 Å². The summed E-state index contributed by atoms with van der Waals surface area (Å²) in [6.07, 6.45) is 3.42. The predicted octanol–water partition coefficient (Wildman–Crippen LogP) is 0.983. The number of carbonyl (C=O) groups is 3. The van der Waals surface area contributed by atoms with Crippen molar-refractivity contribution < 1.29 is 14.4 Å². The Kier molecular flexibility index (Phi) is 4.46. The lowest BCUT2D eigenvalue weighted by Gasteiger charge is -2.21. The molecule has 0 radical (unpaired) electrons. The van der Waals surface area contributed by atoms with E-state index >= 15 is 0 Å². The Labute approximate surface area is 89.4 Å². The van der Waals surface area contributed by atoms with Crippen LogP contribution in [0.15, 0.2) is 0 Å². The third-order valence-corrected chi connectivity index (χ3v) is 2.64. The lowest BCUT2D eigenvalue weighted by atomic mass is 9.94. The summed E-state index contributed by atoms with van der Waals surface area (Å²) in [6.45, 7) is 1.72. The summed E-state index contributed by atoms with van der Waals surface area (Å²) in [5, 5.41) is 2.62. The van der Waals surface area contributed by atoms with Crippen LogP contribution in [0.5, 0.6) is 0 Å². The molecule has 0 bridgehead atoms. The third-order valence-electron chi connectivity index (χ3n) is 2.64. The molecule has 1 amide bonds. The van der Waals surface area contributed by atoms with E-state index in [-0.39, 0.29) is 29.9 Å². The lowest BCUT2D eigenvalue weighted by Crippen LogP contribution is -2.42. The first-order valence-electron chi connectivity index (χ1n) is 5.47. The van der Waals surface area contributed by atoms with Gasteiger partial charge in [0.2, 0.25) is 5.91 Å².